The van der Waals surface area contributed by atoms with Crippen LogP contribution in [0.5, 0.6) is 0 Å². The van der Waals surface area contributed by atoms with Gasteiger partial charge in [0.2, 0.25) is 0 Å². The van der Waals surface area contributed by atoms with Crippen molar-refractivity contribution in [2.45, 2.75) is 0 Å². The molecule has 0 aromatic carbocycles. The standard InChI is InChI=1S/C4H7NOS.K.H/c1-2-3-6-4(5)7;;/h2H,1,3H2,(H2,5,7);;. The van der Waals surface area contributed by atoms with Crippen LogP contribution in [0.4, 0.5) is 0 Å². The summed E-state index contributed by atoms with van der Waals surface area (Å²) in [6.45, 7) is 3.79. The average molecular weight is 157 g/mol. The first kappa shape index (κ1) is 11.8. The molecule has 0 rings (SSSR count). The summed E-state index contributed by atoms with van der Waals surface area (Å²) < 4.78 is 4.58. The third-order valence-corrected chi connectivity index (χ3v) is 0.461. The first-order valence-corrected chi connectivity index (χ1v) is 2.21. The van der Waals surface area contributed by atoms with E-state index in [0.29, 0.717) is 6.61 Å². The Kier molecular flexibility index (Phi) is 11.9. The van der Waals surface area contributed by atoms with E-state index in [1.807, 2.05) is 0 Å². The van der Waals surface area contributed by atoms with Crippen molar-refractivity contribution in [2.75, 3.05) is 6.61 Å². The maximum absolute atomic E-state index is 4.94. The normalized spacial score (nSPS) is 6.50. The van der Waals surface area contributed by atoms with Gasteiger partial charge in [0.15, 0.2) is 0 Å². The summed E-state index contributed by atoms with van der Waals surface area (Å²) in [6, 6.07) is 0. The Morgan fingerprint density at radius 2 is 2.38 bits per heavy atom. The van der Waals surface area contributed by atoms with Crippen LogP contribution in [-0.4, -0.2) is 63.2 Å². The van der Waals surface area contributed by atoms with Gasteiger partial charge < -0.3 is 10.5 Å². The molecular weight excluding hydrogens is 149 g/mol. The van der Waals surface area contributed by atoms with Crippen molar-refractivity contribution in [1.29, 1.82) is 0 Å². The Bertz CT molecular complexity index is 86.1. The van der Waals surface area contributed by atoms with Gasteiger partial charge in [-0.3, -0.25) is 0 Å². The zero-order valence-corrected chi connectivity index (χ0v) is 4.70. The van der Waals surface area contributed by atoms with Crippen LogP contribution in [0.15, 0.2) is 12.7 Å². The summed E-state index contributed by atoms with van der Waals surface area (Å²) in [5.74, 6) is 0. The fourth-order valence-corrected chi connectivity index (χ4v) is 0.209. The molecule has 0 saturated heterocycles. The van der Waals surface area contributed by atoms with Crippen LogP contribution >= 0.6 is 12.2 Å². The van der Waals surface area contributed by atoms with E-state index in [9.17, 15) is 0 Å². The van der Waals surface area contributed by atoms with Gasteiger partial charge in [0.1, 0.15) is 6.61 Å². The van der Waals surface area contributed by atoms with E-state index < -0.39 is 0 Å². The van der Waals surface area contributed by atoms with Crippen LogP contribution in [0.2, 0.25) is 0 Å². The van der Waals surface area contributed by atoms with E-state index in [1.165, 1.54) is 0 Å². The number of hydrogen-bond donors (Lipinski definition) is 1. The predicted molar refractivity (Wildman–Crippen MR) is 40.1 cm³/mol. The maximum atomic E-state index is 4.94. The van der Waals surface area contributed by atoms with Crippen LogP contribution in [-0.2, 0) is 4.74 Å². The van der Waals surface area contributed by atoms with E-state index in [2.05, 4.69) is 23.5 Å². The summed E-state index contributed by atoms with van der Waals surface area (Å²) in [6.07, 6.45) is 1.58. The van der Waals surface area contributed by atoms with Gasteiger partial charge in [-0.15, -0.1) is 0 Å². The number of rotatable bonds is 2. The molecule has 0 amide bonds. The number of ether oxygens (including phenoxy) is 1. The van der Waals surface area contributed by atoms with Crippen molar-refractivity contribution in [3.05, 3.63) is 12.7 Å². The first-order valence-electron chi connectivity index (χ1n) is 1.80. The molecular formula is C4H8KNOS. The van der Waals surface area contributed by atoms with E-state index >= 15 is 0 Å². The summed E-state index contributed by atoms with van der Waals surface area (Å²) in [4.78, 5) is 0. The Hall–Kier alpha value is 1.07. The number of thiocarbonyl (C=S) groups is 1. The van der Waals surface area contributed by atoms with Crippen molar-refractivity contribution in [3.63, 3.8) is 0 Å². The molecule has 0 aliphatic carbocycles. The van der Waals surface area contributed by atoms with Crippen molar-refractivity contribution in [3.8, 4) is 0 Å². The predicted octanol–water partition coefficient (Wildman–Crippen LogP) is -0.216. The molecule has 0 heterocycles. The molecule has 0 saturated carbocycles. The molecule has 0 spiro atoms. The van der Waals surface area contributed by atoms with E-state index in [0.717, 1.165) is 0 Å². The van der Waals surface area contributed by atoms with Crippen molar-refractivity contribution in [1.82, 2.24) is 0 Å². The minimum absolute atomic E-state index is 0. The molecule has 2 nitrogen and oxygen atoms in total. The molecule has 0 radical (unpaired) electrons. The van der Waals surface area contributed by atoms with E-state index in [-0.39, 0.29) is 56.6 Å². The molecule has 8 heavy (non-hydrogen) atoms. The Labute approximate surface area is 96.9 Å². The van der Waals surface area contributed by atoms with Crippen LogP contribution in [0.1, 0.15) is 0 Å². The second kappa shape index (κ2) is 8.07. The molecule has 4 heteroatoms. The molecule has 0 aliphatic rings. The molecule has 0 bridgehead atoms. The van der Waals surface area contributed by atoms with Gasteiger partial charge in [-0.25, -0.2) is 0 Å². The molecule has 0 fully saturated rings. The van der Waals surface area contributed by atoms with Gasteiger partial charge in [-0.2, -0.15) is 0 Å². The molecule has 0 unspecified atom stereocenters. The summed E-state index contributed by atoms with van der Waals surface area (Å²) >= 11 is 4.37. The molecule has 0 aromatic heterocycles. The third-order valence-electron chi connectivity index (χ3n) is 0.343. The van der Waals surface area contributed by atoms with Crippen molar-refractivity contribution in [2.24, 2.45) is 5.73 Å². The molecule has 2 N–H and O–H groups in total. The SMILES string of the molecule is C=CCOC(N)=S.[KH]. The summed E-state index contributed by atoms with van der Waals surface area (Å²) in [5, 5.41) is 0.0694. The second-order valence-corrected chi connectivity index (χ2v) is 1.32. The van der Waals surface area contributed by atoms with Crippen molar-refractivity contribution >= 4 is 68.8 Å². The molecule has 0 atom stereocenters. The Morgan fingerprint density at radius 3 is 2.50 bits per heavy atom. The van der Waals surface area contributed by atoms with Crippen LogP contribution < -0.4 is 5.73 Å². The van der Waals surface area contributed by atoms with Crippen LogP contribution in [0, 0.1) is 0 Å². The van der Waals surface area contributed by atoms with Gasteiger partial charge in [0, 0.05) is 0 Å². The van der Waals surface area contributed by atoms with Gasteiger partial charge >= 0.3 is 51.4 Å². The van der Waals surface area contributed by atoms with Gasteiger partial charge in [-0.05, 0) is 12.2 Å². The number of nitrogens with two attached hydrogens (primary N) is 1. The molecule has 42 valence electrons. The van der Waals surface area contributed by atoms with E-state index in [1.54, 1.807) is 6.08 Å². The summed E-state index contributed by atoms with van der Waals surface area (Å²) in [7, 11) is 0. The minimum atomic E-state index is 0. The fourth-order valence-electron chi connectivity index (χ4n) is 0.141. The fraction of sp³-hybridized carbons (Fsp3) is 0.250. The molecule has 0 aliphatic heterocycles. The quantitative estimate of drug-likeness (QED) is 0.342. The zero-order valence-electron chi connectivity index (χ0n) is 3.89. The first-order chi connectivity index (χ1) is 3.27. The monoisotopic (exact) mass is 157 g/mol. The van der Waals surface area contributed by atoms with Gasteiger partial charge in [0.05, 0.1) is 0 Å². The topological polar surface area (TPSA) is 35.2 Å². The van der Waals surface area contributed by atoms with Gasteiger partial charge in [0.25, 0.3) is 5.17 Å². The van der Waals surface area contributed by atoms with Crippen molar-refractivity contribution < 1.29 is 4.74 Å². The Morgan fingerprint density at radius 1 is 1.88 bits per heavy atom. The van der Waals surface area contributed by atoms with Crippen LogP contribution in [0.25, 0.3) is 0 Å². The zero-order chi connectivity index (χ0) is 5.70. The second-order valence-electron chi connectivity index (χ2n) is 0.919. The number of hydrogen-bond acceptors (Lipinski definition) is 2. The van der Waals surface area contributed by atoms with Crippen LogP contribution in [0.3, 0.4) is 0 Å². The van der Waals surface area contributed by atoms with Gasteiger partial charge in [-0.1, -0.05) is 12.7 Å². The third kappa shape index (κ3) is 10.1. The average Bonchev–Trinajstić information content (AvgIpc) is 1.61. The van der Waals surface area contributed by atoms with E-state index in [4.69, 9.17) is 5.73 Å². The Balaban J connectivity index is 0. The molecule has 0 aromatic rings. The summed E-state index contributed by atoms with van der Waals surface area (Å²) in [5.41, 5.74) is 4.94.